The summed E-state index contributed by atoms with van der Waals surface area (Å²) < 4.78 is 5.56. The third kappa shape index (κ3) is 4.85. The Morgan fingerprint density at radius 3 is 2.92 bits per heavy atom. The van der Waals surface area contributed by atoms with Crippen LogP contribution < -0.4 is 5.32 Å². The summed E-state index contributed by atoms with van der Waals surface area (Å²) in [5, 5.41) is 4.40. The number of nitrogens with zero attached hydrogens (tertiary/aromatic N) is 1. The number of likely N-dealkylation sites (tertiary alicyclic amines) is 1. The van der Waals surface area contributed by atoms with Crippen LogP contribution in [-0.2, 0) is 16.1 Å². The van der Waals surface area contributed by atoms with Gasteiger partial charge in [-0.15, -0.1) is 0 Å². The Hall–Kier alpha value is -0.810. The lowest BCUT2D eigenvalue weighted by Gasteiger charge is -2.32. The Morgan fingerprint density at radius 2 is 2.17 bits per heavy atom. The van der Waals surface area contributed by atoms with Crippen molar-refractivity contribution in [1.29, 1.82) is 0 Å². The second kappa shape index (κ2) is 8.52. The molecule has 0 bridgehead atoms. The number of rotatable bonds is 5. The molecule has 0 radical (unpaired) electrons. The van der Waals surface area contributed by atoms with Crippen molar-refractivity contribution in [1.82, 2.24) is 10.2 Å². The van der Waals surface area contributed by atoms with Crippen LogP contribution in [0, 0.1) is 5.92 Å². The zero-order valence-electron chi connectivity index (χ0n) is 13.8. The summed E-state index contributed by atoms with van der Waals surface area (Å²) in [4.78, 5) is 14.7. The maximum absolute atomic E-state index is 12.4. The van der Waals surface area contributed by atoms with Crippen molar-refractivity contribution in [3.63, 3.8) is 0 Å². The van der Waals surface area contributed by atoms with Gasteiger partial charge in [0.15, 0.2) is 0 Å². The molecular formula is C18H24Cl2N2O2. The second-order valence-electron chi connectivity index (χ2n) is 6.69. The largest absolute Gasteiger partial charge is 0.376 e. The molecule has 2 aliphatic heterocycles. The van der Waals surface area contributed by atoms with Crippen molar-refractivity contribution in [2.24, 2.45) is 5.92 Å². The molecule has 0 spiro atoms. The SMILES string of the molecule is O=C(NCC1CCCO1)C1CCCN(Cc2ccc(Cl)cc2Cl)C1. The average molecular weight is 371 g/mol. The number of ether oxygens (including phenoxy) is 1. The summed E-state index contributed by atoms with van der Waals surface area (Å²) >= 11 is 12.2. The first kappa shape index (κ1) is 18.0. The van der Waals surface area contributed by atoms with Crippen molar-refractivity contribution in [3.05, 3.63) is 33.8 Å². The Balaban J connectivity index is 1.50. The van der Waals surface area contributed by atoms with E-state index in [4.69, 9.17) is 27.9 Å². The van der Waals surface area contributed by atoms with Crippen LogP contribution in [0.5, 0.6) is 0 Å². The van der Waals surface area contributed by atoms with Crippen molar-refractivity contribution < 1.29 is 9.53 Å². The predicted octanol–water partition coefficient (Wildman–Crippen LogP) is 3.50. The molecule has 0 saturated carbocycles. The third-order valence-electron chi connectivity index (χ3n) is 4.81. The highest BCUT2D eigenvalue weighted by Crippen LogP contribution is 2.25. The summed E-state index contributed by atoms with van der Waals surface area (Å²) in [6.07, 6.45) is 4.32. The number of hydrogen-bond donors (Lipinski definition) is 1. The molecule has 24 heavy (non-hydrogen) atoms. The standard InChI is InChI=1S/C18H24Cl2N2O2/c19-15-6-5-13(17(20)9-15)11-22-7-1-3-14(12-22)18(23)21-10-16-4-2-8-24-16/h5-6,9,14,16H,1-4,7-8,10-12H2,(H,21,23). The van der Waals surface area contributed by atoms with E-state index >= 15 is 0 Å². The van der Waals surface area contributed by atoms with E-state index in [1.54, 1.807) is 6.07 Å². The number of piperidine rings is 1. The van der Waals surface area contributed by atoms with Gasteiger partial charge >= 0.3 is 0 Å². The smallest absolute Gasteiger partial charge is 0.224 e. The molecule has 3 rings (SSSR count). The third-order valence-corrected chi connectivity index (χ3v) is 5.40. The van der Waals surface area contributed by atoms with Gasteiger partial charge in [-0.3, -0.25) is 9.69 Å². The van der Waals surface area contributed by atoms with Gasteiger partial charge in [-0.05, 0) is 49.9 Å². The van der Waals surface area contributed by atoms with Gasteiger partial charge in [-0.2, -0.15) is 0 Å². The summed E-state index contributed by atoms with van der Waals surface area (Å²) in [5.74, 6) is 0.198. The quantitative estimate of drug-likeness (QED) is 0.862. The zero-order chi connectivity index (χ0) is 16.9. The number of nitrogens with one attached hydrogen (secondary N) is 1. The Bertz CT molecular complexity index is 576. The summed E-state index contributed by atoms with van der Waals surface area (Å²) in [6, 6.07) is 5.60. The monoisotopic (exact) mass is 370 g/mol. The number of hydrogen-bond acceptors (Lipinski definition) is 3. The molecule has 2 heterocycles. The molecule has 1 amide bonds. The molecule has 0 aliphatic carbocycles. The van der Waals surface area contributed by atoms with Gasteiger partial charge in [0.2, 0.25) is 5.91 Å². The Labute approximate surface area is 153 Å². The van der Waals surface area contributed by atoms with Gasteiger partial charge < -0.3 is 10.1 Å². The summed E-state index contributed by atoms with van der Waals surface area (Å²) in [5.41, 5.74) is 1.06. The summed E-state index contributed by atoms with van der Waals surface area (Å²) in [7, 11) is 0. The van der Waals surface area contributed by atoms with Gasteiger partial charge in [0.1, 0.15) is 0 Å². The normalized spacial score (nSPS) is 24.9. The zero-order valence-corrected chi connectivity index (χ0v) is 15.3. The first-order chi connectivity index (χ1) is 11.6. The van der Waals surface area contributed by atoms with Crippen LogP contribution >= 0.6 is 23.2 Å². The number of amides is 1. The minimum Gasteiger partial charge on any atom is -0.376 e. The van der Waals surface area contributed by atoms with E-state index in [1.165, 1.54) is 0 Å². The lowest BCUT2D eigenvalue weighted by Crippen LogP contribution is -2.44. The second-order valence-corrected chi connectivity index (χ2v) is 7.53. The first-order valence-electron chi connectivity index (χ1n) is 8.67. The fraction of sp³-hybridized carbons (Fsp3) is 0.611. The number of carbonyl (C=O) groups excluding carboxylic acids is 1. The lowest BCUT2D eigenvalue weighted by molar-refractivity contribution is -0.127. The van der Waals surface area contributed by atoms with Crippen molar-refractivity contribution in [3.8, 4) is 0 Å². The lowest BCUT2D eigenvalue weighted by atomic mass is 9.96. The minimum absolute atomic E-state index is 0.0474. The number of benzene rings is 1. The van der Waals surface area contributed by atoms with E-state index in [1.807, 2.05) is 12.1 Å². The van der Waals surface area contributed by atoms with Crippen LogP contribution in [0.25, 0.3) is 0 Å². The van der Waals surface area contributed by atoms with Crippen LogP contribution in [-0.4, -0.2) is 43.2 Å². The van der Waals surface area contributed by atoms with E-state index in [9.17, 15) is 4.79 Å². The molecule has 2 atom stereocenters. The van der Waals surface area contributed by atoms with Crippen LogP contribution in [0.2, 0.25) is 10.0 Å². The number of carbonyl (C=O) groups is 1. The molecule has 1 aromatic carbocycles. The minimum atomic E-state index is 0.0474. The van der Waals surface area contributed by atoms with E-state index in [0.29, 0.717) is 16.6 Å². The topological polar surface area (TPSA) is 41.6 Å². The van der Waals surface area contributed by atoms with Gasteiger partial charge in [0.05, 0.1) is 12.0 Å². The predicted molar refractivity (Wildman–Crippen MR) is 96.4 cm³/mol. The highest BCUT2D eigenvalue weighted by Gasteiger charge is 2.27. The molecule has 2 aliphatic rings. The molecule has 4 nitrogen and oxygen atoms in total. The van der Waals surface area contributed by atoms with Gasteiger partial charge in [-0.25, -0.2) is 0 Å². The molecule has 2 saturated heterocycles. The molecule has 0 aromatic heterocycles. The van der Waals surface area contributed by atoms with E-state index in [0.717, 1.165) is 57.5 Å². The van der Waals surface area contributed by atoms with Crippen molar-refractivity contribution in [2.75, 3.05) is 26.2 Å². The van der Waals surface area contributed by atoms with E-state index in [2.05, 4.69) is 10.2 Å². The number of halogens is 2. The summed E-state index contributed by atoms with van der Waals surface area (Å²) in [6.45, 7) is 3.98. The van der Waals surface area contributed by atoms with Crippen molar-refractivity contribution in [2.45, 2.75) is 38.3 Å². The van der Waals surface area contributed by atoms with Crippen molar-refractivity contribution >= 4 is 29.1 Å². The molecule has 132 valence electrons. The molecule has 6 heteroatoms. The molecule has 2 fully saturated rings. The highest BCUT2D eigenvalue weighted by molar-refractivity contribution is 6.35. The van der Waals surface area contributed by atoms with Crippen LogP contribution in [0.15, 0.2) is 18.2 Å². The van der Waals surface area contributed by atoms with Crippen LogP contribution in [0.3, 0.4) is 0 Å². The van der Waals surface area contributed by atoms with Crippen LogP contribution in [0.4, 0.5) is 0 Å². The van der Waals surface area contributed by atoms with Gasteiger partial charge in [0, 0.05) is 36.3 Å². The fourth-order valence-corrected chi connectivity index (χ4v) is 3.94. The maximum atomic E-state index is 12.4. The molecular weight excluding hydrogens is 347 g/mol. The highest BCUT2D eigenvalue weighted by atomic mass is 35.5. The average Bonchev–Trinajstić information content (AvgIpc) is 3.09. The first-order valence-corrected chi connectivity index (χ1v) is 9.43. The molecule has 2 unspecified atom stereocenters. The maximum Gasteiger partial charge on any atom is 0.224 e. The fourth-order valence-electron chi connectivity index (χ4n) is 3.47. The molecule has 1 aromatic rings. The Morgan fingerprint density at radius 1 is 1.29 bits per heavy atom. The van der Waals surface area contributed by atoms with E-state index in [-0.39, 0.29) is 17.9 Å². The van der Waals surface area contributed by atoms with E-state index < -0.39 is 0 Å². The molecule has 1 N–H and O–H groups in total. The van der Waals surface area contributed by atoms with Gasteiger partial charge in [0.25, 0.3) is 0 Å². The Kier molecular flexibility index (Phi) is 6.39. The van der Waals surface area contributed by atoms with Gasteiger partial charge in [-0.1, -0.05) is 29.3 Å². The van der Waals surface area contributed by atoms with Crippen LogP contribution in [0.1, 0.15) is 31.2 Å².